The molecule has 11 heteroatoms. The fourth-order valence-electron chi connectivity index (χ4n) is 6.18. The van der Waals surface area contributed by atoms with Crippen LogP contribution >= 0.6 is 0 Å². The van der Waals surface area contributed by atoms with Gasteiger partial charge in [0.1, 0.15) is 11.6 Å². The first-order valence-corrected chi connectivity index (χ1v) is 17.0. The number of nitrogens with zero attached hydrogens (tertiary/aromatic N) is 2. The van der Waals surface area contributed by atoms with Crippen LogP contribution in [0.5, 0.6) is 5.75 Å². The van der Waals surface area contributed by atoms with E-state index in [-0.39, 0.29) is 55.5 Å². The molecule has 2 aromatic carbocycles. The summed E-state index contributed by atoms with van der Waals surface area (Å²) in [5, 5.41) is 16.0. The number of hydrogen-bond donors (Lipinski definition) is 3. The number of aliphatic hydroxyl groups excluding tert-OH is 1. The molecule has 0 saturated heterocycles. The van der Waals surface area contributed by atoms with E-state index in [4.69, 9.17) is 9.47 Å². The Labute approximate surface area is 278 Å². The average Bonchev–Trinajstić information content (AvgIpc) is 3.07. The van der Waals surface area contributed by atoms with Crippen molar-refractivity contribution in [2.45, 2.75) is 90.4 Å². The quantitative estimate of drug-likeness (QED) is 0.322. The van der Waals surface area contributed by atoms with Crippen molar-refractivity contribution >= 4 is 29.2 Å². The number of fused-ring (bicyclic) bond motifs is 1. The van der Waals surface area contributed by atoms with Crippen molar-refractivity contribution < 1.29 is 33.4 Å². The second-order valence-electron chi connectivity index (χ2n) is 13.2. The monoisotopic (exact) mass is 654 g/mol. The number of amides is 4. The van der Waals surface area contributed by atoms with E-state index < -0.39 is 18.0 Å². The van der Waals surface area contributed by atoms with Crippen LogP contribution in [-0.2, 0) is 9.53 Å². The Morgan fingerprint density at radius 1 is 1.00 bits per heavy atom. The van der Waals surface area contributed by atoms with Gasteiger partial charge in [-0.15, -0.1) is 0 Å². The Balaban J connectivity index is 1.57. The number of anilines is 2. The highest BCUT2D eigenvalue weighted by molar-refractivity contribution is 6.00. The summed E-state index contributed by atoms with van der Waals surface area (Å²) in [4.78, 5) is 43.6. The lowest BCUT2D eigenvalue weighted by Crippen LogP contribution is -2.48. The lowest BCUT2D eigenvalue weighted by molar-refractivity contribution is -0.120. The van der Waals surface area contributed by atoms with Crippen LogP contribution < -0.4 is 15.4 Å². The predicted octanol–water partition coefficient (Wildman–Crippen LogP) is 6.30. The van der Waals surface area contributed by atoms with Crippen LogP contribution in [0.25, 0.3) is 0 Å². The van der Waals surface area contributed by atoms with Gasteiger partial charge in [0.2, 0.25) is 5.91 Å². The fraction of sp³-hybridized carbons (Fsp3) is 0.583. The molecule has 0 bridgehead atoms. The molecule has 0 unspecified atom stereocenters. The zero-order valence-corrected chi connectivity index (χ0v) is 28.2. The van der Waals surface area contributed by atoms with E-state index in [1.54, 1.807) is 37.1 Å². The third-order valence-electron chi connectivity index (χ3n) is 9.19. The number of hydrogen-bond acceptors (Lipinski definition) is 6. The third-order valence-corrected chi connectivity index (χ3v) is 9.19. The van der Waals surface area contributed by atoms with Crippen molar-refractivity contribution in [3.63, 3.8) is 0 Å². The molecule has 258 valence electrons. The fourth-order valence-corrected chi connectivity index (χ4v) is 6.18. The number of carbonyl (C=O) groups is 3. The molecular formula is C36H51FN4O6. The summed E-state index contributed by atoms with van der Waals surface area (Å²) in [7, 11) is 1.66. The zero-order valence-electron chi connectivity index (χ0n) is 28.2. The molecule has 3 N–H and O–H groups in total. The molecule has 1 aliphatic heterocycles. The van der Waals surface area contributed by atoms with Crippen LogP contribution in [0.15, 0.2) is 42.5 Å². The highest BCUT2D eigenvalue weighted by Crippen LogP contribution is 2.30. The highest BCUT2D eigenvalue weighted by Gasteiger charge is 2.31. The number of likely N-dealkylation sites (N-methyl/N-ethyl adjacent to an activating group) is 1. The van der Waals surface area contributed by atoms with Crippen LogP contribution in [-0.4, -0.2) is 84.4 Å². The lowest BCUT2D eigenvalue weighted by atomic mass is 9.88. The molecule has 4 amide bonds. The summed E-state index contributed by atoms with van der Waals surface area (Å²) >= 11 is 0. The van der Waals surface area contributed by atoms with Crippen molar-refractivity contribution in [2.24, 2.45) is 11.8 Å². The minimum Gasteiger partial charge on any atom is -0.490 e. The van der Waals surface area contributed by atoms with E-state index >= 15 is 0 Å². The molecule has 1 fully saturated rings. The summed E-state index contributed by atoms with van der Waals surface area (Å²) in [5.41, 5.74) is 1.32. The van der Waals surface area contributed by atoms with Gasteiger partial charge in [-0.3, -0.25) is 9.59 Å². The molecule has 2 aliphatic rings. The molecule has 4 atom stereocenters. The van der Waals surface area contributed by atoms with Crippen molar-refractivity contribution in [3.8, 4) is 5.75 Å². The molecule has 4 rings (SSSR count). The van der Waals surface area contributed by atoms with E-state index in [1.807, 2.05) is 13.8 Å². The molecule has 1 heterocycles. The molecule has 10 nitrogen and oxygen atoms in total. The minimum atomic E-state index is -0.524. The van der Waals surface area contributed by atoms with Gasteiger partial charge in [-0.1, -0.05) is 26.2 Å². The van der Waals surface area contributed by atoms with Gasteiger partial charge in [-0.05, 0) is 88.4 Å². The van der Waals surface area contributed by atoms with Gasteiger partial charge in [0.25, 0.3) is 5.91 Å². The summed E-state index contributed by atoms with van der Waals surface area (Å²) in [6.45, 7) is 6.42. The SMILES string of the molecule is C[C@@H]1CCCCO[C@@H](CN(C)C(=O)Nc2ccc(F)cc2)[C@@H](C)CN([C@H](C)CO)C(=O)c2cc(NC(=O)C3CCCCC3)ccc2O1. The van der Waals surface area contributed by atoms with Crippen LogP contribution in [0.1, 0.15) is 82.5 Å². The zero-order chi connectivity index (χ0) is 33.9. The number of aliphatic hydroxyl groups is 1. The summed E-state index contributed by atoms with van der Waals surface area (Å²) in [6, 6.07) is 9.87. The van der Waals surface area contributed by atoms with Crippen LogP contribution in [0, 0.1) is 17.7 Å². The maximum atomic E-state index is 14.3. The number of rotatable bonds is 7. The number of urea groups is 1. The Kier molecular flexibility index (Phi) is 13.4. The normalized spacial score (nSPS) is 22.3. The van der Waals surface area contributed by atoms with E-state index in [0.29, 0.717) is 29.3 Å². The van der Waals surface area contributed by atoms with Gasteiger partial charge in [0.15, 0.2) is 0 Å². The van der Waals surface area contributed by atoms with Crippen LogP contribution in [0.3, 0.4) is 0 Å². The predicted molar refractivity (Wildman–Crippen MR) is 180 cm³/mol. The highest BCUT2D eigenvalue weighted by atomic mass is 19.1. The Bertz CT molecular complexity index is 1340. The lowest BCUT2D eigenvalue weighted by Gasteiger charge is -2.35. The van der Waals surface area contributed by atoms with E-state index in [1.165, 1.54) is 29.2 Å². The maximum Gasteiger partial charge on any atom is 0.321 e. The maximum absolute atomic E-state index is 14.3. The van der Waals surface area contributed by atoms with E-state index in [0.717, 1.165) is 51.4 Å². The van der Waals surface area contributed by atoms with Gasteiger partial charge in [0, 0.05) is 50.0 Å². The van der Waals surface area contributed by atoms with E-state index in [9.17, 15) is 23.9 Å². The number of carbonyl (C=O) groups excluding carboxylic acids is 3. The van der Waals surface area contributed by atoms with Crippen molar-refractivity contribution in [1.82, 2.24) is 9.80 Å². The Hall–Kier alpha value is -3.70. The smallest absolute Gasteiger partial charge is 0.321 e. The van der Waals surface area contributed by atoms with Gasteiger partial charge in [-0.2, -0.15) is 0 Å². The third kappa shape index (κ3) is 10.4. The topological polar surface area (TPSA) is 120 Å². The van der Waals surface area contributed by atoms with Gasteiger partial charge in [0.05, 0.1) is 30.4 Å². The largest absolute Gasteiger partial charge is 0.490 e. The molecular weight excluding hydrogens is 603 g/mol. The van der Waals surface area contributed by atoms with Gasteiger partial charge in [-0.25, -0.2) is 9.18 Å². The second kappa shape index (κ2) is 17.5. The minimum absolute atomic E-state index is 0.0333. The first-order chi connectivity index (χ1) is 22.5. The summed E-state index contributed by atoms with van der Waals surface area (Å²) in [5.74, 6) is -0.582. The molecule has 0 spiro atoms. The number of nitrogens with one attached hydrogen (secondary N) is 2. The number of ether oxygens (including phenoxy) is 2. The standard InChI is InChI=1S/C36H51FN4O6/c1-24-21-41(25(2)23-42)35(44)31-20-30(38-34(43)27-11-6-5-7-12-27)17-18-32(31)47-26(3)10-8-9-19-46-33(24)22-40(4)36(45)39-29-15-13-28(37)14-16-29/h13-18,20,24-27,33,42H,5-12,19,21-23H2,1-4H3,(H,38,43)(H,39,45)/t24-,25+,26+,33-/m0/s1. The summed E-state index contributed by atoms with van der Waals surface area (Å²) in [6.07, 6.45) is 6.74. The first-order valence-electron chi connectivity index (χ1n) is 17.0. The average molecular weight is 655 g/mol. The summed E-state index contributed by atoms with van der Waals surface area (Å²) < 4.78 is 26.0. The van der Waals surface area contributed by atoms with Crippen LogP contribution in [0.2, 0.25) is 0 Å². The molecule has 1 saturated carbocycles. The molecule has 1 aliphatic carbocycles. The van der Waals surface area contributed by atoms with Gasteiger partial charge < -0.3 is 35.0 Å². The molecule has 0 radical (unpaired) electrons. The van der Waals surface area contributed by atoms with Gasteiger partial charge >= 0.3 is 6.03 Å². The Morgan fingerprint density at radius 3 is 2.38 bits per heavy atom. The van der Waals surface area contributed by atoms with Crippen LogP contribution in [0.4, 0.5) is 20.6 Å². The number of halogens is 1. The van der Waals surface area contributed by atoms with Crippen molar-refractivity contribution in [3.05, 3.63) is 53.8 Å². The van der Waals surface area contributed by atoms with Crippen molar-refractivity contribution in [1.29, 1.82) is 0 Å². The Morgan fingerprint density at radius 2 is 1.68 bits per heavy atom. The second-order valence-corrected chi connectivity index (χ2v) is 13.2. The van der Waals surface area contributed by atoms with Crippen molar-refractivity contribution in [2.75, 3.05) is 44.0 Å². The van der Waals surface area contributed by atoms with E-state index in [2.05, 4.69) is 10.6 Å². The number of benzene rings is 2. The molecule has 47 heavy (non-hydrogen) atoms. The molecule has 2 aromatic rings. The first kappa shape index (κ1) is 36.1. The molecule has 0 aromatic heterocycles.